The molecule has 33 heavy (non-hydrogen) atoms. The van der Waals surface area contributed by atoms with Crippen LogP contribution in [0.15, 0.2) is 59.5 Å². The van der Waals surface area contributed by atoms with Gasteiger partial charge in [-0.2, -0.15) is 0 Å². The predicted molar refractivity (Wildman–Crippen MR) is 135 cm³/mol. The molecule has 6 heteroatoms. The van der Waals surface area contributed by atoms with Crippen LogP contribution in [0.2, 0.25) is 0 Å². The van der Waals surface area contributed by atoms with Gasteiger partial charge < -0.3 is 15.2 Å². The van der Waals surface area contributed by atoms with Crippen molar-refractivity contribution >= 4 is 22.5 Å². The third kappa shape index (κ3) is 5.82. The fourth-order valence-corrected chi connectivity index (χ4v) is 4.55. The first-order chi connectivity index (χ1) is 15.9. The van der Waals surface area contributed by atoms with E-state index in [4.69, 9.17) is 0 Å². The zero-order valence-electron chi connectivity index (χ0n) is 19.8. The number of fused-ring (bicyclic) bond motifs is 1. The Hall–Kier alpha value is -3.12. The first kappa shape index (κ1) is 23.1. The summed E-state index contributed by atoms with van der Waals surface area (Å²) < 4.78 is 1.70. The molecule has 0 aliphatic carbocycles. The zero-order chi connectivity index (χ0) is 23.4. The van der Waals surface area contributed by atoms with Crippen LogP contribution < -0.4 is 16.2 Å². The molecule has 1 saturated heterocycles. The quantitative estimate of drug-likeness (QED) is 0.557. The average molecular weight is 447 g/mol. The molecule has 0 saturated carbocycles. The number of urea groups is 1. The third-order valence-electron chi connectivity index (χ3n) is 6.25. The van der Waals surface area contributed by atoms with E-state index in [2.05, 4.69) is 60.6 Å². The van der Waals surface area contributed by atoms with Gasteiger partial charge >= 0.3 is 6.03 Å². The summed E-state index contributed by atoms with van der Waals surface area (Å²) in [7, 11) is 0. The molecule has 174 valence electrons. The molecule has 1 aliphatic heterocycles. The van der Waals surface area contributed by atoms with Crippen LogP contribution in [0, 0.1) is 18.8 Å². The molecule has 3 aromatic rings. The molecule has 1 unspecified atom stereocenters. The summed E-state index contributed by atoms with van der Waals surface area (Å²) in [6.45, 7) is 10.5. The van der Waals surface area contributed by atoms with E-state index in [0.29, 0.717) is 36.0 Å². The number of rotatable bonds is 7. The average Bonchev–Trinajstić information content (AvgIpc) is 3.24. The van der Waals surface area contributed by atoms with Crippen LogP contribution >= 0.6 is 0 Å². The lowest BCUT2D eigenvalue weighted by Crippen LogP contribution is -2.34. The van der Waals surface area contributed by atoms with Gasteiger partial charge in [-0.25, -0.2) is 4.79 Å². The molecular formula is C27H34N4O2. The van der Waals surface area contributed by atoms with E-state index in [1.165, 1.54) is 11.1 Å². The van der Waals surface area contributed by atoms with Crippen molar-refractivity contribution in [2.45, 2.75) is 40.3 Å². The molecule has 0 bridgehead atoms. The molecule has 2 aromatic carbocycles. The minimum absolute atomic E-state index is 0.0233. The minimum Gasteiger partial charge on any atom is -0.338 e. The normalized spacial score (nSPS) is 16.4. The van der Waals surface area contributed by atoms with Crippen LogP contribution in [0.1, 0.15) is 31.4 Å². The number of aromatic nitrogens is 1. The lowest BCUT2D eigenvalue weighted by Gasteiger charge is -2.17. The standard InChI is InChI=1S/C27H34N4O2/c1-19(2)15-31-18-25(23-6-4-5-7-24(23)26(31)32)29-27(33)28-14-22-12-13-30(17-22)16-21-10-8-20(3)9-11-21/h4-11,18-19,22H,12-17H2,1-3H3,(H2,28,29,33). The van der Waals surface area contributed by atoms with E-state index in [-0.39, 0.29) is 11.6 Å². The fraction of sp³-hybridized carbons (Fsp3) is 0.407. The summed E-state index contributed by atoms with van der Waals surface area (Å²) in [5, 5.41) is 7.41. The molecule has 6 nitrogen and oxygen atoms in total. The largest absolute Gasteiger partial charge is 0.338 e. The first-order valence-corrected chi connectivity index (χ1v) is 11.8. The number of pyridine rings is 1. The zero-order valence-corrected chi connectivity index (χ0v) is 19.8. The smallest absolute Gasteiger partial charge is 0.319 e. The fourth-order valence-electron chi connectivity index (χ4n) is 4.55. The molecule has 1 aliphatic rings. The number of amides is 2. The summed E-state index contributed by atoms with van der Waals surface area (Å²) in [6, 6.07) is 15.9. The minimum atomic E-state index is -0.230. The molecule has 1 aromatic heterocycles. The van der Waals surface area contributed by atoms with Crippen molar-refractivity contribution in [3.63, 3.8) is 0 Å². The highest BCUT2D eigenvalue weighted by molar-refractivity contribution is 6.00. The number of hydrogen-bond acceptors (Lipinski definition) is 3. The molecule has 1 atom stereocenters. The molecule has 2 N–H and O–H groups in total. The van der Waals surface area contributed by atoms with Gasteiger partial charge in [0.1, 0.15) is 0 Å². The van der Waals surface area contributed by atoms with E-state index in [0.717, 1.165) is 31.4 Å². The highest BCUT2D eigenvalue weighted by Crippen LogP contribution is 2.21. The molecule has 1 fully saturated rings. The van der Waals surface area contributed by atoms with Gasteiger partial charge in [0.05, 0.1) is 5.69 Å². The highest BCUT2D eigenvalue weighted by atomic mass is 16.2. The van der Waals surface area contributed by atoms with Crippen molar-refractivity contribution in [3.8, 4) is 0 Å². The molecule has 4 rings (SSSR count). The number of carbonyl (C=O) groups is 1. The van der Waals surface area contributed by atoms with Gasteiger partial charge in [0.15, 0.2) is 0 Å². The number of aryl methyl sites for hydroxylation is 1. The number of nitrogens with one attached hydrogen (secondary N) is 2. The maximum absolute atomic E-state index is 12.8. The number of anilines is 1. The summed E-state index contributed by atoms with van der Waals surface area (Å²) in [5.41, 5.74) is 3.25. The third-order valence-corrected chi connectivity index (χ3v) is 6.25. The second-order valence-corrected chi connectivity index (χ2v) is 9.65. The Balaban J connectivity index is 1.36. The van der Waals surface area contributed by atoms with Crippen molar-refractivity contribution in [3.05, 3.63) is 76.2 Å². The Labute approximate surface area is 195 Å². The Bertz CT molecular complexity index is 1170. The number of nitrogens with zero attached hydrogens (tertiary/aromatic N) is 2. The van der Waals surface area contributed by atoms with Gasteiger partial charge in [-0.3, -0.25) is 9.69 Å². The van der Waals surface area contributed by atoms with Crippen LogP contribution in [0.3, 0.4) is 0 Å². The molecule has 0 radical (unpaired) electrons. The van der Waals surface area contributed by atoms with Crippen molar-refractivity contribution in [1.29, 1.82) is 0 Å². The van der Waals surface area contributed by atoms with Crippen molar-refractivity contribution in [1.82, 2.24) is 14.8 Å². The van der Waals surface area contributed by atoms with E-state index < -0.39 is 0 Å². The maximum Gasteiger partial charge on any atom is 0.319 e. The summed E-state index contributed by atoms with van der Waals surface area (Å²) in [4.78, 5) is 28.0. The second-order valence-electron chi connectivity index (χ2n) is 9.65. The van der Waals surface area contributed by atoms with Gasteiger partial charge in [-0.05, 0) is 43.4 Å². The van der Waals surface area contributed by atoms with E-state index in [9.17, 15) is 9.59 Å². The summed E-state index contributed by atoms with van der Waals surface area (Å²) in [6.07, 6.45) is 2.84. The van der Waals surface area contributed by atoms with Crippen molar-refractivity contribution < 1.29 is 4.79 Å². The molecule has 2 heterocycles. The van der Waals surface area contributed by atoms with Gasteiger partial charge in [-0.1, -0.05) is 61.9 Å². The number of hydrogen-bond donors (Lipinski definition) is 2. The Kier molecular flexibility index (Phi) is 7.14. The van der Waals surface area contributed by atoms with Crippen LogP contribution in [-0.2, 0) is 13.1 Å². The molecule has 0 spiro atoms. The Morgan fingerprint density at radius 1 is 1.09 bits per heavy atom. The summed E-state index contributed by atoms with van der Waals surface area (Å²) in [5.74, 6) is 0.767. The van der Waals surface area contributed by atoms with Gasteiger partial charge in [-0.15, -0.1) is 0 Å². The van der Waals surface area contributed by atoms with Gasteiger partial charge in [0.25, 0.3) is 5.56 Å². The molecular weight excluding hydrogens is 412 g/mol. The van der Waals surface area contributed by atoms with E-state index in [1.54, 1.807) is 10.8 Å². The highest BCUT2D eigenvalue weighted by Gasteiger charge is 2.23. The lowest BCUT2D eigenvalue weighted by molar-refractivity contribution is 0.249. The monoisotopic (exact) mass is 446 g/mol. The number of benzene rings is 2. The van der Waals surface area contributed by atoms with Gasteiger partial charge in [0, 0.05) is 43.1 Å². The van der Waals surface area contributed by atoms with Crippen molar-refractivity contribution in [2.75, 3.05) is 25.0 Å². The first-order valence-electron chi connectivity index (χ1n) is 11.8. The lowest BCUT2D eigenvalue weighted by atomic mass is 10.1. The Morgan fingerprint density at radius 3 is 2.55 bits per heavy atom. The second kappa shape index (κ2) is 10.2. The Morgan fingerprint density at radius 2 is 1.82 bits per heavy atom. The number of likely N-dealkylation sites (tertiary alicyclic amines) is 1. The molecule has 2 amide bonds. The maximum atomic E-state index is 12.8. The van der Waals surface area contributed by atoms with Crippen molar-refractivity contribution in [2.24, 2.45) is 11.8 Å². The predicted octanol–water partition coefficient (Wildman–Crippen LogP) is 4.61. The SMILES string of the molecule is Cc1ccc(CN2CCC(CNC(=O)Nc3cn(CC(C)C)c(=O)c4ccccc34)C2)cc1. The topological polar surface area (TPSA) is 66.4 Å². The van der Waals surface area contributed by atoms with E-state index >= 15 is 0 Å². The van der Waals surface area contributed by atoms with Crippen LogP contribution in [-0.4, -0.2) is 35.1 Å². The van der Waals surface area contributed by atoms with Gasteiger partial charge in [0.2, 0.25) is 0 Å². The van der Waals surface area contributed by atoms with Crippen LogP contribution in [0.25, 0.3) is 10.8 Å². The van der Waals surface area contributed by atoms with E-state index in [1.807, 2.05) is 24.3 Å². The summed E-state index contributed by atoms with van der Waals surface area (Å²) >= 11 is 0. The van der Waals surface area contributed by atoms with Crippen LogP contribution in [0.5, 0.6) is 0 Å². The number of carbonyl (C=O) groups excluding carboxylic acids is 1. The van der Waals surface area contributed by atoms with Crippen LogP contribution in [0.4, 0.5) is 10.5 Å².